The first-order chi connectivity index (χ1) is 10.8. The molecule has 0 saturated heterocycles. The van der Waals surface area contributed by atoms with Gasteiger partial charge in [-0.2, -0.15) is 13.2 Å². The molecular formula is C14H15ClF3NO4. The van der Waals surface area contributed by atoms with Crippen LogP contribution in [0.4, 0.5) is 13.2 Å². The molecule has 5 nitrogen and oxygen atoms in total. The van der Waals surface area contributed by atoms with Crippen molar-refractivity contribution < 1.29 is 32.2 Å². The number of carbonyl (C=O) groups excluding carboxylic acids is 1. The molecule has 1 N–H and O–H groups in total. The highest BCUT2D eigenvalue weighted by Crippen LogP contribution is 2.38. The molecule has 1 amide bonds. The molecule has 1 aromatic carbocycles. The third-order valence-corrected chi connectivity index (χ3v) is 3.14. The number of nitrogens with one attached hydrogen (secondary N) is 1. The van der Waals surface area contributed by atoms with E-state index in [0.717, 1.165) is 0 Å². The largest absolute Gasteiger partial charge is 0.486 e. The first-order valence-electron chi connectivity index (χ1n) is 6.84. The molecule has 0 saturated carbocycles. The minimum Gasteiger partial charge on any atom is -0.486 e. The normalized spacial score (nSPS) is 13.7. The van der Waals surface area contributed by atoms with Crippen molar-refractivity contribution in [2.45, 2.75) is 12.6 Å². The van der Waals surface area contributed by atoms with E-state index in [2.05, 4.69) is 10.1 Å². The zero-order valence-electron chi connectivity index (χ0n) is 12.0. The number of benzene rings is 1. The minimum atomic E-state index is -4.37. The van der Waals surface area contributed by atoms with Crippen molar-refractivity contribution in [1.82, 2.24) is 5.32 Å². The molecule has 1 heterocycles. The fourth-order valence-corrected chi connectivity index (χ4v) is 2.25. The second-order valence-corrected chi connectivity index (χ2v) is 5.20. The van der Waals surface area contributed by atoms with Crippen LogP contribution < -0.4 is 14.8 Å². The van der Waals surface area contributed by atoms with Gasteiger partial charge in [-0.3, -0.25) is 4.79 Å². The van der Waals surface area contributed by atoms with Crippen molar-refractivity contribution in [3.63, 3.8) is 0 Å². The van der Waals surface area contributed by atoms with E-state index in [0.29, 0.717) is 35.3 Å². The predicted molar refractivity (Wildman–Crippen MR) is 76.0 cm³/mol. The summed E-state index contributed by atoms with van der Waals surface area (Å²) in [6.07, 6.45) is -4.35. The summed E-state index contributed by atoms with van der Waals surface area (Å²) in [4.78, 5) is 11.7. The van der Waals surface area contributed by atoms with Gasteiger partial charge in [0.1, 0.15) is 19.8 Å². The fraction of sp³-hybridized carbons (Fsp3) is 0.500. The van der Waals surface area contributed by atoms with Crippen molar-refractivity contribution in [1.29, 1.82) is 0 Å². The quantitative estimate of drug-likeness (QED) is 0.798. The van der Waals surface area contributed by atoms with Gasteiger partial charge in [0, 0.05) is 6.54 Å². The highest BCUT2D eigenvalue weighted by atomic mass is 35.5. The summed E-state index contributed by atoms with van der Waals surface area (Å²) < 4.78 is 50.7. The Hall–Kier alpha value is -1.67. The zero-order valence-corrected chi connectivity index (χ0v) is 12.8. The van der Waals surface area contributed by atoms with Crippen LogP contribution in [-0.4, -0.2) is 45.1 Å². The maximum Gasteiger partial charge on any atom is 0.411 e. The fourth-order valence-electron chi connectivity index (χ4n) is 1.96. The Morgan fingerprint density at radius 2 is 2.04 bits per heavy atom. The van der Waals surface area contributed by atoms with Gasteiger partial charge in [0.05, 0.1) is 18.1 Å². The summed E-state index contributed by atoms with van der Waals surface area (Å²) in [5.74, 6) is 0.566. The number of hydrogen-bond donors (Lipinski definition) is 1. The van der Waals surface area contributed by atoms with Crippen molar-refractivity contribution in [3.05, 3.63) is 22.7 Å². The molecule has 1 aliphatic rings. The van der Waals surface area contributed by atoms with Crippen LogP contribution in [-0.2, 0) is 16.0 Å². The number of hydrogen-bond acceptors (Lipinski definition) is 4. The molecular weight excluding hydrogens is 339 g/mol. The maximum atomic E-state index is 11.9. The van der Waals surface area contributed by atoms with Gasteiger partial charge in [0.25, 0.3) is 0 Å². The molecule has 0 unspecified atom stereocenters. The molecule has 2 rings (SSSR count). The van der Waals surface area contributed by atoms with Crippen LogP contribution in [0.1, 0.15) is 5.56 Å². The summed E-state index contributed by atoms with van der Waals surface area (Å²) in [6.45, 7) is -0.749. The van der Waals surface area contributed by atoms with E-state index in [1.54, 1.807) is 12.1 Å². The topological polar surface area (TPSA) is 56.8 Å². The monoisotopic (exact) mass is 353 g/mol. The van der Waals surface area contributed by atoms with Gasteiger partial charge in [-0.15, -0.1) is 0 Å². The van der Waals surface area contributed by atoms with Gasteiger partial charge >= 0.3 is 6.18 Å². The van der Waals surface area contributed by atoms with E-state index >= 15 is 0 Å². The average molecular weight is 354 g/mol. The molecule has 1 aliphatic heterocycles. The third-order valence-electron chi connectivity index (χ3n) is 2.86. The number of amides is 1. The highest BCUT2D eigenvalue weighted by Gasteiger charge is 2.27. The van der Waals surface area contributed by atoms with Crippen LogP contribution in [0.25, 0.3) is 0 Å². The summed E-state index contributed by atoms with van der Waals surface area (Å²) in [7, 11) is 0. The number of fused-ring (bicyclic) bond motifs is 1. The Labute approximate surface area is 135 Å². The highest BCUT2D eigenvalue weighted by molar-refractivity contribution is 6.32. The van der Waals surface area contributed by atoms with Crippen molar-refractivity contribution in [2.24, 2.45) is 0 Å². The lowest BCUT2D eigenvalue weighted by Crippen LogP contribution is -2.30. The SMILES string of the molecule is O=C(Cc1cc(Cl)c2c(c1)OCCO2)NCCOCC(F)(F)F. The van der Waals surface area contributed by atoms with E-state index in [9.17, 15) is 18.0 Å². The second kappa shape index (κ2) is 7.74. The Morgan fingerprint density at radius 3 is 2.78 bits per heavy atom. The Balaban J connectivity index is 1.78. The Bertz CT molecular complexity index is 566. The summed E-state index contributed by atoms with van der Waals surface area (Å²) >= 11 is 6.06. The molecule has 0 aromatic heterocycles. The predicted octanol–water partition coefficient (Wildman–Crippen LogP) is 2.35. The van der Waals surface area contributed by atoms with Crippen LogP contribution >= 0.6 is 11.6 Å². The van der Waals surface area contributed by atoms with Crippen molar-refractivity contribution in [3.8, 4) is 11.5 Å². The second-order valence-electron chi connectivity index (χ2n) is 4.80. The Morgan fingerprint density at radius 1 is 1.30 bits per heavy atom. The Kier molecular flexibility index (Phi) is 5.95. The molecule has 23 heavy (non-hydrogen) atoms. The lowest BCUT2D eigenvalue weighted by Gasteiger charge is -2.20. The van der Waals surface area contributed by atoms with E-state index in [4.69, 9.17) is 21.1 Å². The zero-order chi connectivity index (χ0) is 16.9. The maximum absolute atomic E-state index is 11.9. The molecule has 0 spiro atoms. The number of rotatable bonds is 6. The van der Waals surface area contributed by atoms with Crippen LogP contribution in [0.5, 0.6) is 11.5 Å². The summed E-state index contributed by atoms with van der Waals surface area (Å²) in [5.41, 5.74) is 0.618. The van der Waals surface area contributed by atoms with Gasteiger partial charge in [-0.25, -0.2) is 0 Å². The number of halogens is 4. The summed E-state index contributed by atoms with van der Waals surface area (Å²) in [6, 6.07) is 3.24. The molecule has 0 bridgehead atoms. The van der Waals surface area contributed by atoms with Crippen molar-refractivity contribution in [2.75, 3.05) is 33.0 Å². The van der Waals surface area contributed by atoms with Crippen LogP contribution in [0, 0.1) is 0 Å². The standard InChI is InChI=1S/C14H15ClF3NO4/c15-10-5-9(6-11-13(10)23-4-3-22-11)7-12(20)19-1-2-21-8-14(16,17)18/h5-6H,1-4,7-8H2,(H,19,20). The summed E-state index contributed by atoms with van der Waals surface area (Å²) in [5, 5.41) is 2.82. The minimum absolute atomic E-state index is 0.00675. The smallest absolute Gasteiger partial charge is 0.411 e. The van der Waals surface area contributed by atoms with Gasteiger partial charge in [-0.1, -0.05) is 11.6 Å². The van der Waals surface area contributed by atoms with Gasteiger partial charge < -0.3 is 19.5 Å². The molecule has 9 heteroatoms. The molecule has 0 radical (unpaired) electrons. The van der Waals surface area contributed by atoms with Crippen LogP contribution in [0.3, 0.4) is 0 Å². The van der Waals surface area contributed by atoms with Gasteiger partial charge in [0.15, 0.2) is 11.5 Å². The third kappa shape index (κ3) is 5.80. The van der Waals surface area contributed by atoms with Crippen molar-refractivity contribution >= 4 is 17.5 Å². The van der Waals surface area contributed by atoms with E-state index < -0.39 is 12.8 Å². The van der Waals surface area contributed by atoms with E-state index in [-0.39, 0.29) is 25.5 Å². The molecule has 0 atom stereocenters. The first-order valence-corrected chi connectivity index (χ1v) is 7.22. The number of carbonyl (C=O) groups is 1. The molecule has 0 fully saturated rings. The van der Waals surface area contributed by atoms with Gasteiger partial charge in [-0.05, 0) is 17.7 Å². The number of ether oxygens (including phenoxy) is 3. The molecule has 128 valence electrons. The average Bonchev–Trinajstić information content (AvgIpc) is 2.45. The van der Waals surface area contributed by atoms with E-state index in [1.807, 2.05) is 0 Å². The molecule has 0 aliphatic carbocycles. The number of alkyl halides is 3. The van der Waals surface area contributed by atoms with E-state index in [1.165, 1.54) is 0 Å². The van der Waals surface area contributed by atoms with Crippen LogP contribution in [0.2, 0.25) is 5.02 Å². The lowest BCUT2D eigenvalue weighted by atomic mass is 10.1. The lowest BCUT2D eigenvalue weighted by molar-refractivity contribution is -0.173. The van der Waals surface area contributed by atoms with Crippen LogP contribution in [0.15, 0.2) is 12.1 Å². The van der Waals surface area contributed by atoms with Gasteiger partial charge in [0.2, 0.25) is 5.91 Å². The first kappa shape index (κ1) is 17.7. The molecule has 1 aromatic rings.